The number of hydrogen-bond donors (Lipinski definition) is 3. The number of Topliss-reactive ketones (excluding diaryl/α,β-unsaturated/α-hetero) is 1. The predicted octanol–water partition coefficient (Wildman–Crippen LogP) is 0.506. The first-order valence-corrected chi connectivity index (χ1v) is 5.65. The van der Waals surface area contributed by atoms with Gasteiger partial charge in [0, 0.05) is 11.6 Å². The molecule has 1 rings (SSSR count). The molecule has 0 radical (unpaired) electrons. The molecule has 94 valence electrons. The normalized spacial score (nSPS) is 26.6. The first kappa shape index (κ1) is 14.1. The van der Waals surface area contributed by atoms with Crippen LogP contribution in [0.25, 0.3) is 0 Å². The number of carbonyl (C=O) groups is 1. The topological polar surface area (TPSA) is 79.5 Å². The van der Waals surface area contributed by atoms with Gasteiger partial charge in [-0.05, 0) is 18.6 Å². The second-order valence-corrected chi connectivity index (χ2v) is 4.19. The zero-order valence-electron chi connectivity index (χ0n) is 9.61. The van der Waals surface area contributed by atoms with Gasteiger partial charge in [0.15, 0.2) is 5.78 Å². The molecule has 1 fully saturated rings. The predicted molar refractivity (Wildman–Crippen MR) is 66.7 cm³/mol. The molecule has 0 bridgehead atoms. The molecule has 0 amide bonds. The fourth-order valence-corrected chi connectivity index (χ4v) is 2.03. The molecule has 0 saturated carbocycles. The number of ketones is 1. The molecule has 4 nitrogen and oxygen atoms in total. The van der Waals surface area contributed by atoms with Crippen LogP contribution in [-0.4, -0.2) is 40.8 Å². The summed E-state index contributed by atoms with van der Waals surface area (Å²) in [5.41, 5.74) is -0.477. The van der Waals surface area contributed by atoms with Crippen LogP contribution in [-0.2, 0) is 4.79 Å². The zero-order valence-corrected chi connectivity index (χ0v) is 10.4. The number of nitrogens with one attached hydrogen (secondary N) is 1. The Morgan fingerprint density at radius 2 is 2.29 bits per heavy atom. The van der Waals surface area contributed by atoms with E-state index in [4.69, 9.17) is 16.7 Å². The minimum Gasteiger partial charge on any atom is -0.393 e. The van der Waals surface area contributed by atoms with E-state index in [0.717, 1.165) is 0 Å². The molecule has 17 heavy (non-hydrogen) atoms. The van der Waals surface area contributed by atoms with Crippen LogP contribution < -0.4 is 5.32 Å². The molecule has 1 heterocycles. The van der Waals surface area contributed by atoms with Gasteiger partial charge in [-0.1, -0.05) is 30.3 Å². The molecule has 0 aromatic heterocycles. The van der Waals surface area contributed by atoms with Crippen molar-refractivity contribution < 1.29 is 15.0 Å². The van der Waals surface area contributed by atoms with Gasteiger partial charge in [-0.15, -0.1) is 0 Å². The molecule has 0 aromatic rings. The number of hydrogen-bond acceptors (Lipinski definition) is 4. The maximum Gasteiger partial charge on any atom is 0.189 e. The number of allylic oxidation sites excluding steroid dienone is 3. The van der Waals surface area contributed by atoms with Crippen LogP contribution >= 0.6 is 11.6 Å². The number of halogens is 1. The Bertz CT molecular complexity index is 383. The van der Waals surface area contributed by atoms with E-state index >= 15 is 0 Å². The zero-order chi connectivity index (χ0) is 13.1. The summed E-state index contributed by atoms with van der Waals surface area (Å²) < 4.78 is 0. The van der Waals surface area contributed by atoms with Crippen molar-refractivity contribution in [1.29, 1.82) is 0 Å². The van der Waals surface area contributed by atoms with Gasteiger partial charge in [-0.2, -0.15) is 0 Å². The highest BCUT2D eigenvalue weighted by atomic mass is 35.5. The highest BCUT2D eigenvalue weighted by molar-refractivity contribution is 6.32. The SMILES string of the molecule is C=C/C(=C(Cl)\C=C/C)C1(C(=O)C(O)CO)CN1. The summed E-state index contributed by atoms with van der Waals surface area (Å²) in [5.74, 6) is -0.488. The Hall–Kier alpha value is -0.940. The van der Waals surface area contributed by atoms with Crippen molar-refractivity contribution in [3.05, 3.63) is 35.4 Å². The number of rotatable bonds is 6. The fourth-order valence-electron chi connectivity index (χ4n) is 1.66. The van der Waals surface area contributed by atoms with Crippen LogP contribution in [0.3, 0.4) is 0 Å². The Balaban J connectivity index is 3.09. The summed E-state index contributed by atoms with van der Waals surface area (Å²) in [6.07, 6.45) is 3.48. The van der Waals surface area contributed by atoms with Crippen LogP contribution in [0, 0.1) is 0 Å². The van der Waals surface area contributed by atoms with Crippen molar-refractivity contribution in [2.45, 2.75) is 18.6 Å². The minimum absolute atomic E-state index is 0.387. The second-order valence-electron chi connectivity index (χ2n) is 3.79. The average molecular weight is 258 g/mol. The summed E-state index contributed by atoms with van der Waals surface area (Å²) in [4.78, 5) is 11.9. The van der Waals surface area contributed by atoms with Crippen LogP contribution in [0.5, 0.6) is 0 Å². The highest BCUT2D eigenvalue weighted by Gasteiger charge is 2.54. The molecule has 5 heteroatoms. The van der Waals surface area contributed by atoms with Gasteiger partial charge in [0.25, 0.3) is 0 Å². The van der Waals surface area contributed by atoms with E-state index < -0.39 is 24.0 Å². The van der Waals surface area contributed by atoms with E-state index in [2.05, 4.69) is 11.9 Å². The summed E-state index contributed by atoms with van der Waals surface area (Å²) in [6.45, 7) is 5.22. The molecule has 3 N–H and O–H groups in total. The molecule has 2 atom stereocenters. The van der Waals surface area contributed by atoms with Crippen LogP contribution in [0.4, 0.5) is 0 Å². The first-order valence-electron chi connectivity index (χ1n) is 5.27. The highest BCUT2D eigenvalue weighted by Crippen LogP contribution is 2.34. The number of carbonyl (C=O) groups excluding carboxylic acids is 1. The lowest BCUT2D eigenvalue weighted by molar-refractivity contribution is -0.130. The Labute approximate surface area is 105 Å². The van der Waals surface area contributed by atoms with Crippen molar-refractivity contribution >= 4 is 17.4 Å². The maximum atomic E-state index is 11.9. The Morgan fingerprint density at radius 1 is 1.71 bits per heavy atom. The molecule has 1 aliphatic rings. The van der Waals surface area contributed by atoms with Crippen molar-refractivity contribution in [1.82, 2.24) is 5.32 Å². The molecule has 0 aliphatic carbocycles. The van der Waals surface area contributed by atoms with Gasteiger partial charge in [-0.3, -0.25) is 10.1 Å². The van der Waals surface area contributed by atoms with E-state index in [9.17, 15) is 9.90 Å². The van der Waals surface area contributed by atoms with E-state index in [-0.39, 0.29) is 0 Å². The summed E-state index contributed by atoms with van der Waals surface area (Å²) >= 11 is 6.05. The van der Waals surface area contributed by atoms with Crippen LogP contribution in [0.1, 0.15) is 6.92 Å². The van der Waals surface area contributed by atoms with Gasteiger partial charge >= 0.3 is 0 Å². The standard InChI is InChI=1S/C12H16ClNO3/c1-3-5-9(13)8(4-2)12(7-14-12)11(17)10(16)6-15/h3-5,10,14-16H,2,6-7H2,1H3/b5-3-,9-8-. The van der Waals surface area contributed by atoms with E-state index in [1.54, 1.807) is 19.1 Å². The number of aliphatic hydroxyl groups is 2. The molecule has 2 unspecified atom stereocenters. The largest absolute Gasteiger partial charge is 0.393 e. The minimum atomic E-state index is -1.41. The lowest BCUT2D eigenvalue weighted by Gasteiger charge is -2.17. The van der Waals surface area contributed by atoms with Gasteiger partial charge < -0.3 is 10.2 Å². The Morgan fingerprint density at radius 3 is 2.65 bits per heavy atom. The molecule has 0 aromatic carbocycles. The quantitative estimate of drug-likeness (QED) is 0.478. The van der Waals surface area contributed by atoms with Crippen LogP contribution in [0.2, 0.25) is 0 Å². The Kier molecular flexibility index (Phi) is 4.65. The lowest BCUT2D eigenvalue weighted by atomic mass is 9.90. The van der Waals surface area contributed by atoms with E-state index in [1.165, 1.54) is 6.08 Å². The van der Waals surface area contributed by atoms with Gasteiger partial charge in [-0.25, -0.2) is 0 Å². The molecule has 1 aliphatic heterocycles. The first-order chi connectivity index (χ1) is 8.03. The van der Waals surface area contributed by atoms with Crippen molar-refractivity contribution in [3.63, 3.8) is 0 Å². The molecule has 0 spiro atoms. The lowest BCUT2D eigenvalue weighted by Crippen LogP contribution is -2.40. The molecular weight excluding hydrogens is 242 g/mol. The van der Waals surface area contributed by atoms with Crippen molar-refractivity contribution in [2.75, 3.05) is 13.2 Å². The fraction of sp³-hybridized carbons (Fsp3) is 0.417. The summed E-state index contributed by atoms with van der Waals surface area (Å²) in [7, 11) is 0. The van der Waals surface area contributed by atoms with Gasteiger partial charge in [0.2, 0.25) is 0 Å². The van der Waals surface area contributed by atoms with Crippen molar-refractivity contribution in [2.24, 2.45) is 0 Å². The van der Waals surface area contributed by atoms with Gasteiger partial charge in [0.05, 0.1) is 6.61 Å². The smallest absolute Gasteiger partial charge is 0.189 e. The third-order valence-corrected chi connectivity index (χ3v) is 2.99. The van der Waals surface area contributed by atoms with E-state index in [0.29, 0.717) is 17.2 Å². The molecular formula is C12H16ClNO3. The second kappa shape index (κ2) is 5.60. The maximum absolute atomic E-state index is 11.9. The summed E-state index contributed by atoms with van der Waals surface area (Å²) in [6, 6.07) is 0. The van der Waals surface area contributed by atoms with Gasteiger partial charge in [0.1, 0.15) is 11.6 Å². The molecule has 1 saturated heterocycles. The monoisotopic (exact) mass is 257 g/mol. The van der Waals surface area contributed by atoms with Crippen LogP contribution in [0.15, 0.2) is 35.4 Å². The number of aliphatic hydroxyl groups excluding tert-OH is 2. The van der Waals surface area contributed by atoms with Crippen molar-refractivity contribution in [3.8, 4) is 0 Å². The van der Waals surface area contributed by atoms with E-state index in [1.807, 2.05) is 0 Å². The third kappa shape index (κ3) is 2.66. The third-order valence-electron chi connectivity index (χ3n) is 2.66. The average Bonchev–Trinajstić information content (AvgIpc) is 3.10. The summed E-state index contributed by atoms with van der Waals surface area (Å²) in [5, 5.41) is 21.5.